The molecule has 1 aromatic carbocycles. The summed E-state index contributed by atoms with van der Waals surface area (Å²) in [5.41, 5.74) is 9.51. The van der Waals surface area contributed by atoms with Gasteiger partial charge in [-0.05, 0) is 68.3 Å². The second kappa shape index (κ2) is 6.16. The third-order valence-corrected chi connectivity index (χ3v) is 5.27. The molecule has 0 amide bonds. The van der Waals surface area contributed by atoms with Crippen LogP contribution in [-0.4, -0.2) is 28.0 Å². The maximum absolute atomic E-state index is 4.14. The molecule has 0 aliphatic carbocycles. The van der Waals surface area contributed by atoms with E-state index in [0.717, 1.165) is 19.5 Å². The van der Waals surface area contributed by atoms with Gasteiger partial charge in [0.2, 0.25) is 0 Å². The third-order valence-electron chi connectivity index (χ3n) is 5.27. The van der Waals surface area contributed by atoms with E-state index in [4.69, 9.17) is 0 Å². The number of likely N-dealkylation sites (N-methyl/N-ethyl adjacent to an activating group) is 1. The summed E-state index contributed by atoms with van der Waals surface area (Å²) in [7, 11) is 2.22. The minimum absolute atomic E-state index is 1.03. The molecule has 3 heterocycles. The lowest BCUT2D eigenvalue weighted by Crippen LogP contribution is -2.26. The normalized spacial score (nSPS) is 15.6. The summed E-state index contributed by atoms with van der Waals surface area (Å²) in [5, 5.41) is 1.41. The lowest BCUT2D eigenvalue weighted by molar-refractivity contribution is 0.312. The van der Waals surface area contributed by atoms with E-state index in [1.807, 2.05) is 12.4 Å². The second-order valence-corrected chi connectivity index (χ2v) is 7.31. The number of fused-ring (bicyclic) bond motifs is 3. The van der Waals surface area contributed by atoms with Gasteiger partial charge in [0.05, 0.1) is 5.52 Å². The molecule has 0 bridgehead atoms. The van der Waals surface area contributed by atoms with Gasteiger partial charge in [-0.15, -0.1) is 0 Å². The molecular weight excluding hydrogens is 306 g/mol. The summed E-state index contributed by atoms with van der Waals surface area (Å²) < 4.78 is 2.45. The van der Waals surface area contributed by atoms with Crippen LogP contribution in [0.5, 0.6) is 0 Å². The summed E-state index contributed by atoms with van der Waals surface area (Å²) in [4.78, 5) is 6.56. The fraction of sp³-hybridized carbons (Fsp3) is 0.318. The predicted octanol–water partition coefficient (Wildman–Crippen LogP) is 4.66. The van der Waals surface area contributed by atoms with Crippen LogP contribution in [0.2, 0.25) is 0 Å². The molecule has 0 N–H and O–H groups in total. The van der Waals surface area contributed by atoms with Crippen molar-refractivity contribution in [3.8, 4) is 0 Å². The van der Waals surface area contributed by atoms with E-state index in [2.05, 4.69) is 72.7 Å². The molecule has 1 aliphatic rings. The largest absolute Gasteiger partial charge is 0.319 e. The van der Waals surface area contributed by atoms with Crippen molar-refractivity contribution in [2.24, 2.45) is 0 Å². The summed E-state index contributed by atoms with van der Waals surface area (Å²) in [5.74, 6) is 0. The Labute approximate surface area is 149 Å². The molecule has 0 radical (unpaired) electrons. The minimum atomic E-state index is 1.03. The highest BCUT2D eigenvalue weighted by molar-refractivity contribution is 5.92. The van der Waals surface area contributed by atoms with Gasteiger partial charge < -0.3 is 9.47 Å². The van der Waals surface area contributed by atoms with Crippen LogP contribution < -0.4 is 0 Å². The molecule has 0 saturated heterocycles. The van der Waals surface area contributed by atoms with Crippen LogP contribution in [0, 0.1) is 13.8 Å². The molecule has 2 aromatic heterocycles. The highest BCUT2D eigenvalue weighted by Gasteiger charge is 2.23. The molecule has 0 spiro atoms. The third kappa shape index (κ3) is 2.79. The molecule has 25 heavy (non-hydrogen) atoms. The minimum Gasteiger partial charge on any atom is -0.319 e. The Bertz CT molecular complexity index is 964. The van der Waals surface area contributed by atoms with E-state index < -0.39 is 0 Å². The molecule has 128 valence electrons. The zero-order chi connectivity index (χ0) is 17.6. The van der Waals surface area contributed by atoms with Gasteiger partial charge in [0.15, 0.2) is 0 Å². The molecule has 0 fully saturated rings. The van der Waals surface area contributed by atoms with E-state index in [9.17, 15) is 0 Å². The summed E-state index contributed by atoms with van der Waals surface area (Å²) in [6, 6.07) is 8.81. The van der Waals surface area contributed by atoms with Crippen molar-refractivity contribution < 1.29 is 0 Å². The molecule has 0 unspecified atom stereocenters. The van der Waals surface area contributed by atoms with Crippen molar-refractivity contribution in [3.05, 3.63) is 64.6 Å². The van der Waals surface area contributed by atoms with Crippen molar-refractivity contribution in [2.45, 2.75) is 33.7 Å². The van der Waals surface area contributed by atoms with Crippen LogP contribution in [0.15, 0.2) is 36.7 Å². The number of rotatable bonds is 2. The molecule has 3 nitrogen and oxygen atoms in total. The lowest BCUT2D eigenvalue weighted by atomic mass is 10.0. The number of hydrogen-bond donors (Lipinski definition) is 0. The smallest absolute Gasteiger partial charge is 0.0558 e. The number of benzene rings is 1. The summed E-state index contributed by atoms with van der Waals surface area (Å²) in [6.45, 7) is 8.76. The first-order chi connectivity index (χ1) is 12.0. The van der Waals surface area contributed by atoms with Gasteiger partial charge >= 0.3 is 0 Å². The Kier molecular flexibility index (Phi) is 3.97. The quantitative estimate of drug-likeness (QED) is 0.681. The number of hydrogen-bond acceptors (Lipinski definition) is 2. The van der Waals surface area contributed by atoms with Crippen molar-refractivity contribution in [2.75, 3.05) is 13.6 Å². The topological polar surface area (TPSA) is 21.1 Å². The fourth-order valence-corrected chi connectivity index (χ4v) is 4.06. The van der Waals surface area contributed by atoms with Crippen molar-refractivity contribution >= 4 is 22.7 Å². The standard InChI is InChI=1S/C22H25N3/c1-15-11-16(2)22-19(12-15)20-14-24(4)10-7-21(20)25(22)13-17(3)18-5-8-23-9-6-18/h5-6,8-9,11-13H,7,10,14H2,1-4H3. The van der Waals surface area contributed by atoms with Gasteiger partial charge in [0.25, 0.3) is 0 Å². The first kappa shape index (κ1) is 16.1. The zero-order valence-electron chi connectivity index (χ0n) is 15.5. The van der Waals surface area contributed by atoms with E-state index in [-0.39, 0.29) is 0 Å². The van der Waals surface area contributed by atoms with Crippen molar-refractivity contribution in [1.82, 2.24) is 14.5 Å². The Morgan fingerprint density at radius 3 is 2.68 bits per heavy atom. The first-order valence-electron chi connectivity index (χ1n) is 8.95. The average molecular weight is 331 g/mol. The van der Waals surface area contributed by atoms with E-state index >= 15 is 0 Å². The number of allylic oxidation sites excluding steroid dienone is 1. The second-order valence-electron chi connectivity index (χ2n) is 7.31. The van der Waals surface area contributed by atoms with E-state index in [0.29, 0.717) is 0 Å². The van der Waals surface area contributed by atoms with E-state index in [1.54, 1.807) is 0 Å². The van der Waals surface area contributed by atoms with Gasteiger partial charge in [-0.25, -0.2) is 0 Å². The van der Waals surface area contributed by atoms with Gasteiger partial charge in [0, 0.05) is 49.2 Å². The highest BCUT2D eigenvalue weighted by atomic mass is 15.1. The molecule has 4 rings (SSSR count). The highest BCUT2D eigenvalue weighted by Crippen LogP contribution is 2.34. The zero-order valence-corrected chi connectivity index (χ0v) is 15.5. The van der Waals surface area contributed by atoms with Crippen LogP contribution in [0.1, 0.15) is 34.9 Å². The van der Waals surface area contributed by atoms with Crippen LogP contribution >= 0.6 is 0 Å². The Balaban J connectivity index is 1.98. The predicted molar refractivity (Wildman–Crippen MR) is 106 cm³/mol. The molecule has 1 aliphatic heterocycles. The van der Waals surface area contributed by atoms with Crippen LogP contribution in [0.3, 0.4) is 0 Å². The molecule has 0 atom stereocenters. The number of pyridine rings is 1. The Hall–Kier alpha value is -2.39. The maximum Gasteiger partial charge on any atom is 0.0558 e. The number of nitrogens with zero attached hydrogens (tertiary/aromatic N) is 3. The van der Waals surface area contributed by atoms with Crippen LogP contribution in [0.4, 0.5) is 0 Å². The van der Waals surface area contributed by atoms with Gasteiger partial charge in [0.1, 0.15) is 0 Å². The Morgan fingerprint density at radius 1 is 1.16 bits per heavy atom. The Morgan fingerprint density at radius 2 is 1.92 bits per heavy atom. The molecule has 3 heteroatoms. The average Bonchev–Trinajstić information content (AvgIpc) is 2.89. The number of aromatic nitrogens is 2. The molecule has 0 saturated carbocycles. The summed E-state index contributed by atoms with van der Waals surface area (Å²) >= 11 is 0. The van der Waals surface area contributed by atoms with Gasteiger partial charge in [-0.2, -0.15) is 0 Å². The SMILES string of the molecule is CC(=Cn1c2c(c3cc(C)cc(C)c31)CN(C)CC2)c1ccncc1. The van der Waals surface area contributed by atoms with Crippen LogP contribution in [-0.2, 0) is 13.0 Å². The number of aryl methyl sites for hydroxylation is 2. The van der Waals surface area contributed by atoms with Crippen LogP contribution in [0.25, 0.3) is 22.7 Å². The maximum atomic E-state index is 4.14. The van der Waals surface area contributed by atoms with E-state index in [1.165, 1.54) is 44.4 Å². The lowest BCUT2D eigenvalue weighted by Gasteiger charge is -2.23. The van der Waals surface area contributed by atoms with Gasteiger partial charge in [-0.1, -0.05) is 11.6 Å². The monoisotopic (exact) mass is 331 g/mol. The van der Waals surface area contributed by atoms with Gasteiger partial charge in [-0.3, -0.25) is 4.98 Å². The molecule has 3 aromatic rings. The fourth-order valence-electron chi connectivity index (χ4n) is 4.06. The first-order valence-corrected chi connectivity index (χ1v) is 8.95. The molecular formula is C22H25N3. The van der Waals surface area contributed by atoms with Crippen molar-refractivity contribution in [3.63, 3.8) is 0 Å². The van der Waals surface area contributed by atoms with Crippen molar-refractivity contribution in [1.29, 1.82) is 0 Å². The summed E-state index contributed by atoms with van der Waals surface area (Å²) in [6.07, 6.45) is 7.13.